The minimum absolute atomic E-state index is 0.397. The molecule has 0 saturated heterocycles. The molecule has 0 heterocycles. The van der Waals surface area contributed by atoms with Gasteiger partial charge in [-0.25, -0.2) is 8.78 Å². The summed E-state index contributed by atoms with van der Waals surface area (Å²) in [4.78, 5) is 0. The molecule has 15 heavy (non-hydrogen) atoms. The molecule has 0 spiro atoms. The summed E-state index contributed by atoms with van der Waals surface area (Å²) in [6.45, 7) is -1.18. The number of hydrogen-bond donors (Lipinski definition) is 1. The molecule has 0 aliphatic carbocycles. The van der Waals surface area contributed by atoms with E-state index in [2.05, 4.69) is 9.47 Å². The molecule has 6 heteroatoms. The van der Waals surface area contributed by atoms with Crippen molar-refractivity contribution in [2.24, 2.45) is 0 Å². The summed E-state index contributed by atoms with van der Waals surface area (Å²) in [5.74, 6) is -4.75. The van der Waals surface area contributed by atoms with Crippen molar-refractivity contribution >= 4 is 0 Å². The predicted molar refractivity (Wildman–Crippen MR) is 44.7 cm³/mol. The SMILES string of the molecule is COCOc1c(F)cc(CO)c(F)c1F. The van der Waals surface area contributed by atoms with Crippen LogP contribution in [0.5, 0.6) is 5.75 Å². The number of ether oxygens (including phenoxy) is 2. The van der Waals surface area contributed by atoms with E-state index >= 15 is 0 Å². The number of aliphatic hydroxyl groups excluding tert-OH is 1. The highest BCUT2D eigenvalue weighted by Crippen LogP contribution is 2.26. The molecule has 0 bridgehead atoms. The molecule has 1 aromatic carbocycles. The molecule has 0 aliphatic rings. The summed E-state index contributed by atoms with van der Waals surface area (Å²) < 4.78 is 48.2. The van der Waals surface area contributed by atoms with Gasteiger partial charge >= 0.3 is 0 Å². The van der Waals surface area contributed by atoms with E-state index in [9.17, 15) is 13.2 Å². The average molecular weight is 222 g/mol. The fourth-order valence-electron chi connectivity index (χ4n) is 0.993. The number of halogens is 3. The molecule has 84 valence electrons. The minimum Gasteiger partial charge on any atom is -0.461 e. The normalized spacial score (nSPS) is 10.5. The van der Waals surface area contributed by atoms with Gasteiger partial charge in [0.05, 0.1) is 6.61 Å². The predicted octanol–water partition coefficient (Wildman–Crippen LogP) is 1.58. The van der Waals surface area contributed by atoms with E-state index in [0.717, 1.165) is 0 Å². The van der Waals surface area contributed by atoms with Crippen LogP contribution in [0, 0.1) is 17.5 Å². The van der Waals surface area contributed by atoms with Crippen molar-refractivity contribution in [1.29, 1.82) is 0 Å². The van der Waals surface area contributed by atoms with Gasteiger partial charge < -0.3 is 14.6 Å². The highest BCUT2D eigenvalue weighted by molar-refractivity contribution is 5.32. The topological polar surface area (TPSA) is 38.7 Å². The lowest BCUT2D eigenvalue weighted by Gasteiger charge is -2.09. The van der Waals surface area contributed by atoms with Gasteiger partial charge in [-0.05, 0) is 6.07 Å². The zero-order valence-corrected chi connectivity index (χ0v) is 7.89. The molecule has 1 N–H and O–H groups in total. The van der Waals surface area contributed by atoms with Crippen molar-refractivity contribution in [2.45, 2.75) is 6.61 Å². The molecule has 1 rings (SSSR count). The molecule has 0 saturated carbocycles. The quantitative estimate of drug-likeness (QED) is 0.621. The molecular formula is C9H9F3O3. The maximum absolute atomic E-state index is 13.1. The highest BCUT2D eigenvalue weighted by Gasteiger charge is 2.19. The summed E-state index contributed by atoms with van der Waals surface area (Å²) in [5.41, 5.74) is -0.463. The Bertz CT molecular complexity index is 355. The molecule has 0 atom stereocenters. The Morgan fingerprint density at radius 1 is 1.27 bits per heavy atom. The molecule has 0 fully saturated rings. The molecule has 0 aliphatic heterocycles. The Balaban J connectivity index is 3.11. The summed E-state index contributed by atoms with van der Waals surface area (Å²) >= 11 is 0. The van der Waals surface area contributed by atoms with Gasteiger partial charge in [-0.3, -0.25) is 0 Å². The first-order valence-electron chi connectivity index (χ1n) is 4.00. The Hall–Kier alpha value is -1.27. The van der Waals surface area contributed by atoms with Gasteiger partial charge in [-0.1, -0.05) is 0 Å². The van der Waals surface area contributed by atoms with E-state index in [1.54, 1.807) is 0 Å². The largest absolute Gasteiger partial charge is 0.461 e. The van der Waals surface area contributed by atoms with Crippen molar-refractivity contribution in [1.82, 2.24) is 0 Å². The fourth-order valence-corrected chi connectivity index (χ4v) is 0.993. The summed E-state index contributed by atoms with van der Waals surface area (Å²) in [5, 5.41) is 8.60. The Morgan fingerprint density at radius 2 is 1.93 bits per heavy atom. The van der Waals surface area contributed by atoms with E-state index in [1.165, 1.54) is 7.11 Å². The van der Waals surface area contributed by atoms with E-state index < -0.39 is 42.2 Å². The van der Waals surface area contributed by atoms with Gasteiger partial charge in [0.2, 0.25) is 5.82 Å². The van der Waals surface area contributed by atoms with Crippen LogP contribution in [0.4, 0.5) is 13.2 Å². The average Bonchev–Trinajstić information content (AvgIpc) is 2.23. The van der Waals surface area contributed by atoms with Gasteiger partial charge in [0, 0.05) is 12.7 Å². The first kappa shape index (κ1) is 11.8. The van der Waals surface area contributed by atoms with E-state index in [1.807, 2.05) is 0 Å². The van der Waals surface area contributed by atoms with Crippen LogP contribution in [0.2, 0.25) is 0 Å². The van der Waals surface area contributed by atoms with E-state index in [-0.39, 0.29) is 0 Å². The third kappa shape index (κ3) is 2.40. The van der Waals surface area contributed by atoms with Gasteiger partial charge in [0.15, 0.2) is 24.2 Å². The highest BCUT2D eigenvalue weighted by atomic mass is 19.2. The Kier molecular flexibility index (Phi) is 3.93. The number of methoxy groups -OCH3 is 1. The third-order valence-corrected chi connectivity index (χ3v) is 1.68. The van der Waals surface area contributed by atoms with Crippen LogP contribution in [0.3, 0.4) is 0 Å². The molecule has 0 aromatic heterocycles. The first-order chi connectivity index (χ1) is 7.11. The van der Waals surface area contributed by atoms with E-state index in [4.69, 9.17) is 5.11 Å². The number of hydrogen-bond acceptors (Lipinski definition) is 3. The van der Waals surface area contributed by atoms with Crippen molar-refractivity contribution in [3.05, 3.63) is 29.1 Å². The van der Waals surface area contributed by atoms with Crippen LogP contribution in [0.1, 0.15) is 5.56 Å². The van der Waals surface area contributed by atoms with Crippen LogP contribution in [-0.2, 0) is 11.3 Å². The Morgan fingerprint density at radius 3 is 2.47 bits per heavy atom. The summed E-state index contributed by atoms with van der Waals surface area (Å²) in [7, 11) is 1.26. The molecule has 3 nitrogen and oxygen atoms in total. The molecular weight excluding hydrogens is 213 g/mol. The second kappa shape index (κ2) is 4.99. The number of benzene rings is 1. The van der Waals surface area contributed by atoms with Crippen molar-refractivity contribution in [3.8, 4) is 5.75 Å². The van der Waals surface area contributed by atoms with Crippen LogP contribution in [0.25, 0.3) is 0 Å². The number of aliphatic hydroxyl groups is 1. The minimum atomic E-state index is -1.48. The van der Waals surface area contributed by atoms with Crippen LogP contribution in [-0.4, -0.2) is 19.0 Å². The second-order valence-electron chi connectivity index (χ2n) is 2.68. The van der Waals surface area contributed by atoms with Gasteiger partial charge in [0.1, 0.15) is 0 Å². The molecule has 1 aromatic rings. The lowest BCUT2D eigenvalue weighted by molar-refractivity contribution is 0.0445. The van der Waals surface area contributed by atoms with Crippen molar-refractivity contribution in [3.63, 3.8) is 0 Å². The molecule has 0 unspecified atom stereocenters. The maximum Gasteiger partial charge on any atom is 0.204 e. The summed E-state index contributed by atoms with van der Waals surface area (Å²) in [6.07, 6.45) is 0. The maximum atomic E-state index is 13.1. The lowest BCUT2D eigenvalue weighted by Crippen LogP contribution is -2.06. The van der Waals surface area contributed by atoms with Crippen LogP contribution in [0.15, 0.2) is 6.07 Å². The zero-order chi connectivity index (χ0) is 11.4. The van der Waals surface area contributed by atoms with Gasteiger partial charge in [-0.15, -0.1) is 0 Å². The zero-order valence-electron chi connectivity index (χ0n) is 7.89. The monoisotopic (exact) mass is 222 g/mol. The third-order valence-electron chi connectivity index (χ3n) is 1.68. The summed E-state index contributed by atoms with van der Waals surface area (Å²) in [6, 6.07) is 0.670. The van der Waals surface area contributed by atoms with Gasteiger partial charge in [-0.2, -0.15) is 4.39 Å². The lowest BCUT2D eigenvalue weighted by atomic mass is 10.2. The number of rotatable bonds is 4. The van der Waals surface area contributed by atoms with E-state index in [0.29, 0.717) is 6.07 Å². The fraction of sp³-hybridized carbons (Fsp3) is 0.333. The first-order valence-corrected chi connectivity index (χ1v) is 4.00. The molecule has 0 radical (unpaired) electrons. The standard InChI is InChI=1S/C9H9F3O3/c1-14-4-15-9-6(10)2-5(3-13)7(11)8(9)12/h2,13H,3-4H2,1H3. The second-order valence-corrected chi connectivity index (χ2v) is 2.68. The molecule has 0 amide bonds. The van der Waals surface area contributed by atoms with Crippen LogP contribution < -0.4 is 4.74 Å². The van der Waals surface area contributed by atoms with Gasteiger partial charge in [0.25, 0.3) is 0 Å². The van der Waals surface area contributed by atoms with Crippen LogP contribution >= 0.6 is 0 Å². The van der Waals surface area contributed by atoms with Crippen molar-refractivity contribution < 1.29 is 27.8 Å². The smallest absolute Gasteiger partial charge is 0.204 e. The Labute approximate surface area is 84.0 Å². The van der Waals surface area contributed by atoms with Crippen molar-refractivity contribution in [2.75, 3.05) is 13.9 Å².